The summed E-state index contributed by atoms with van der Waals surface area (Å²) in [4.78, 5) is 4.76. The monoisotopic (exact) mass is 1220 g/mol. The zero-order valence-electron chi connectivity index (χ0n) is 51.7. The number of anilines is 6. The number of aromatic nitrogens is 3. The third-order valence-electron chi connectivity index (χ3n) is 20.6. The van der Waals surface area contributed by atoms with Crippen molar-refractivity contribution in [3.63, 3.8) is 0 Å². The molecule has 7 nitrogen and oxygen atoms in total. The van der Waals surface area contributed by atoms with Crippen molar-refractivity contribution in [2.75, 3.05) is 9.80 Å². The Bertz CT molecular complexity index is 6330. The lowest BCUT2D eigenvalue weighted by Gasteiger charge is -2.40. The van der Waals surface area contributed by atoms with Crippen LogP contribution < -0.4 is 9.80 Å². The van der Waals surface area contributed by atoms with Crippen LogP contribution in [0, 0.1) is 22.7 Å². The molecule has 15 aromatic carbocycles. The molecular formula is C89H53N7. The number of hydrogen-bond acceptors (Lipinski definition) is 4. The molecule has 7 heteroatoms. The lowest BCUT2D eigenvalue weighted by molar-refractivity contribution is 0.749. The van der Waals surface area contributed by atoms with E-state index >= 15 is 0 Å². The predicted molar refractivity (Wildman–Crippen MR) is 394 cm³/mol. The van der Waals surface area contributed by atoms with Crippen molar-refractivity contribution < 1.29 is 0 Å². The van der Waals surface area contributed by atoms with Crippen molar-refractivity contribution in [3.05, 3.63) is 355 Å². The summed E-state index contributed by atoms with van der Waals surface area (Å²) in [6.07, 6.45) is 0. The molecule has 18 aromatic rings. The van der Waals surface area contributed by atoms with Gasteiger partial charge in [0.15, 0.2) is 0 Å². The number of benzene rings is 15. The second-order valence-electron chi connectivity index (χ2n) is 25.4. The van der Waals surface area contributed by atoms with Gasteiger partial charge in [0, 0.05) is 77.8 Å². The Labute approximate surface area is 552 Å². The van der Waals surface area contributed by atoms with E-state index in [9.17, 15) is 10.5 Å². The Hall–Kier alpha value is -13.2. The summed E-state index contributed by atoms with van der Waals surface area (Å²) in [7, 11) is 0. The zero-order chi connectivity index (χ0) is 63.3. The second kappa shape index (κ2) is 20.4. The molecule has 0 saturated heterocycles. The number of hydrogen-bond donors (Lipinski definition) is 0. The largest absolute Gasteiger partial charge is 0.310 e. The molecule has 0 amide bonds. The maximum absolute atomic E-state index is 10.4. The van der Waals surface area contributed by atoms with Gasteiger partial charge < -0.3 is 23.5 Å². The highest BCUT2D eigenvalue weighted by molar-refractivity contribution is 6.19. The third-order valence-corrected chi connectivity index (χ3v) is 20.6. The molecule has 0 unspecified atom stereocenters. The quantitative estimate of drug-likeness (QED) is 0.152. The predicted octanol–water partition coefficient (Wildman–Crippen LogP) is 22.6. The number of rotatable bonds is 8. The molecule has 20 rings (SSSR count). The Morgan fingerprint density at radius 3 is 1.15 bits per heavy atom. The Morgan fingerprint density at radius 1 is 0.260 bits per heavy atom. The molecule has 444 valence electrons. The Kier molecular flexibility index (Phi) is 11.4. The van der Waals surface area contributed by atoms with Crippen molar-refractivity contribution in [2.45, 2.75) is 5.41 Å². The van der Waals surface area contributed by atoms with E-state index in [1.54, 1.807) is 0 Å². The maximum Gasteiger partial charge on any atom is 0.0991 e. The Balaban J connectivity index is 0.913. The van der Waals surface area contributed by atoms with E-state index in [1.165, 1.54) is 54.9 Å². The molecule has 1 spiro atoms. The third kappa shape index (κ3) is 7.45. The van der Waals surface area contributed by atoms with E-state index < -0.39 is 5.41 Å². The van der Waals surface area contributed by atoms with Gasteiger partial charge in [-0.2, -0.15) is 10.5 Å². The summed E-state index contributed by atoms with van der Waals surface area (Å²) < 4.78 is 7.27. The summed E-state index contributed by atoms with van der Waals surface area (Å²) in [5.41, 5.74) is 23.4. The standard InChI is InChI=1S/C89H53N7/c90-54-56-31-37-62(38-32-56)92(64-41-46-82-72(49-64)70-25-11-14-28-80(70)94(82)60-19-3-1-4-20-60)65-43-48-84-74(51-65)75-52-67(93(63-39-33-57(55-91)34-40-63)66-42-47-83-73(50-66)71-26-12-15-29-81(71)95(83)61-21-5-2-6-22-61)53-79-88(75)96(84)85-30-16-13-27-76(85)89(79)77-44-35-58-17-7-9-23-68(58)86(77)87-69-24-10-8-18-59(69)36-45-78(87)89/h1-53H. The molecule has 4 heterocycles. The van der Waals surface area contributed by atoms with E-state index in [1.807, 2.05) is 24.3 Å². The number of nitrogens with zero attached hydrogens (tertiary/aromatic N) is 7. The average Bonchev–Trinajstić information content (AvgIpc) is 1.47. The fourth-order valence-electron chi connectivity index (χ4n) is 16.7. The highest BCUT2D eigenvalue weighted by Gasteiger charge is 2.52. The lowest BCUT2D eigenvalue weighted by Crippen LogP contribution is -2.33. The van der Waals surface area contributed by atoms with Crippen molar-refractivity contribution in [1.29, 1.82) is 10.5 Å². The van der Waals surface area contributed by atoms with Crippen LogP contribution in [-0.4, -0.2) is 13.7 Å². The van der Waals surface area contributed by atoms with Gasteiger partial charge in [-0.1, -0.05) is 164 Å². The molecule has 1 aliphatic carbocycles. The van der Waals surface area contributed by atoms with Gasteiger partial charge in [-0.25, -0.2) is 0 Å². The number of para-hydroxylation sites is 5. The first-order valence-corrected chi connectivity index (χ1v) is 32.6. The Morgan fingerprint density at radius 2 is 0.646 bits per heavy atom. The first-order chi connectivity index (χ1) is 47.5. The minimum atomic E-state index is -0.830. The smallest absolute Gasteiger partial charge is 0.0991 e. The molecule has 0 atom stereocenters. The van der Waals surface area contributed by atoms with Gasteiger partial charge in [0.25, 0.3) is 0 Å². The summed E-state index contributed by atoms with van der Waals surface area (Å²) >= 11 is 0. The molecule has 0 radical (unpaired) electrons. The van der Waals surface area contributed by atoms with Crippen LogP contribution in [0.25, 0.3) is 115 Å². The summed E-state index contributed by atoms with van der Waals surface area (Å²) in [6.45, 7) is 0. The SMILES string of the molecule is N#Cc1ccc(N(c2ccc3c(c2)c2ccccc2n3-c2ccccc2)c2ccc3c(c2)c2cc(N(c4ccc(C#N)cc4)c4ccc5c(c4)c4ccccc4n5-c4ccccc4)cc4c2n3-c2ccccc2C42c3ccc4ccccc4c3-c3c2ccc2ccccc32)cc1. The molecule has 0 N–H and O–H groups in total. The summed E-state index contributed by atoms with van der Waals surface area (Å²) in [5, 5.41) is 32.2. The van der Waals surface area contributed by atoms with Crippen molar-refractivity contribution in [1.82, 2.24) is 13.7 Å². The highest BCUT2D eigenvalue weighted by Crippen LogP contribution is 2.64. The second-order valence-corrected chi connectivity index (χ2v) is 25.4. The lowest BCUT2D eigenvalue weighted by atomic mass is 9.65. The van der Waals surface area contributed by atoms with Gasteiger partial charge in [0.1, 0.15) is 0 Å². The number of fused-ring (bicyclic) bond motifs is 22. The zero-order valence-corrected chi connectivity index (χ0v) is 51.7. The van der Waals surface area contributed by atoms with Crippen LogP contribution in [0.15, 0.2) is 322 Å². The maximum atomic E-state index is 10.4. The van der Waals surface area contributed by atoms with E-state index in [-0.39, 0.29) is 0 Å². The molecule has 0 bridgehead atoms. The van der Waals surface area contributed by atoms with Crippen LogP contribution in [0.3, 0.4) is 0 Å². The minimum absolute atomic E-state index is 0.586. The molecule has 3 aromatic heterocycles. The minimum Gasteiger partial charge on any atom is -0.310 e. The summed E-state index contributed by atoms with van der Waals surface area (Å²) in [5.74, 6) is 0. The molecule has 1 aliphatic heterocycles. The van der Waals surface area contributed by atoms with Gasteiger partial charge in [0.05, 0.1) is 67.5 Å². The van der Waals surface area contributed by atoms with E-state index in [2.05, 4.69) is 333 Å². The number of nitriles is 2. The van der Waals surface area contributed by atoms with Crippen LogP contribution >= 0.6 is 0 Å². The van der Waals surface area contributed by atoms with Crippen LogP contribution in [0.4, 0.5) is 34.1 Å². The first kappa shape index (κ1) is 53.5. The van der Waals surface area contributed by atoms with Crippen LogP contribution in [-0.2, 0) is 5.41 Å². The van der Waals surface area contributed by atoms with Crippen molar-refractivity contribution in [3.8, 4) is 40.3 Å². The molecule has 0 saturated carbocycles. The molecule has 0 fully saturated rings. The molecule has 2 aliphatic rings. The van der Waals surface area contributed by atoms with Gasteiger partial charge in [-0.15, -0.1) is 0 Å². The van der Waals surface area contributed by atoms with Crippen LogP contribution in [0.1, 0.15) is 33.4 Å². The van der Waals surface area contributed by atoms with Gasteiger partial charge in [-0.3, -0.25) is 0 Å². The van der Waals surface area contributed by atoms with Gasteiger partial charge in [0.2, 0.25) is 0 Å². The van der Waals surface area contributed by atoms with Gasteiger partial charge >= 0.3 is 0 Å². The van der Waals surface area contributed by atoms with E-state index in [0.717, 1.165) is 117 Å². The van der Waals surface area contributed by atoms with E-state index in [0.29, 0.717) is 11.1 Å². The fraction of sp³-hybridized carbons (Fsp3) is 0.0112. The first-order valence-electron chi connectivity index (χ1n) is 32.6. The fourth-order valence-corrected chi connectivity index (χ4v) is 16.7. The van der Waals surface area contributed by atoms with Crippen LogP contribution in [0.2, 0.25) is 0 Å². The van der Waals surface area contributed by atoms with Crippen molar-refractivity contribution in [2.24, 2.45) is 0 Å². The average molecular weight is 1220 g/mol. The molecular weight excluding hydrogens is 1170 g/mol. The molecule has 96 heavy (non-hydrogen) atoms. The summed E-state index contributed by atoms with van der Waals surface area (Å²) in [6, 6.07) is 122. The normalized spacial score (nSPS) is 12.6. The van der Waals surface area contributed by atoms with Crippen molar-refractivity contribution >= 4 is 121 Å². The van der Waals surface area contributed by atoms with E-state index in [4.69, 9.17) is 0 Å². The van der Waals surface area contributed by atoms with Crippen LogP contribution in [0.5, 0.6) is 0 Å². The van der Waals surface area contributed by atoms with Gasteiger partial charge in [-0.05, 0) is 213 Å². The highest BCUT2D eigenvalue weighted by atomic mass is 15.2. The topological polar surface area (TPSA) is 68.8 Å².